The molecule has 0 bridgehead atoms. The summed E-state index contributed by atoms with van der Waals surface area (Å²) in [6, 6.07) is 7.90. The molecule has 0 saturated heterocycles. The number of carbonyl (C=O) groups excluding carboxylic acids is 1. The molecule has 0 aliphatic rings. The summed E-state index contributed by atoms with van der Waals surface area (Å²) in [5, 5.41) is 0. The van der Waals surface area contributed by atoms with Gasteiger partial charge in [-0.2, -0.15) is 0 Å². The van der Waals surface area contributed by atoms with Gasteiger partial charge in [0.1, 0.15) is 11.7 Å². The lowest BCUT2D eigenvalue weighted by Gasteiger charge is -2.15. The Morgan fingerprint density at radius 3 is 2.76 bits per heavy atom. The lowest BCUT2D eigenvalue weighted by molar-refractivity contribution is -0.145. The quantitative estimate of drug-likeness (QED) is 0.736. The Kier molecular flexibility index (Phi) is 5.33. The standard InChI is InChI=1S/C16H22N2O3/c1-4-12(16(19)21-5-2)15-17-13-8-6-7-9-14(13)18(15)10-11-20-3/h6-9,12H,4-5,10-11H2,1-3H3. The molecule has 1 unspecified atom stereocenters. The number of benzene rings is 1. The summed E-state index contributed by atoms with van der Waals surface area (Å²) >= 11 is 0. The van der Waals surface area contributed by atoms with Crippen molar-refractivity contribution >= 4 is 17.0 Å². The van der Waals surface area contributed by atoms with Gasteiger partial charge in [0.25, 0.3) is 0 Å². The van der Waals surface area contributed by atoms with Gasteiger partial charge in [0.2, 0.25) is 0 Å². The van der Waals surface area contributed by atoms with Crippen LogP contribution in [0.3, 0.4) is 0 Å². The van der Waals surface area contributed by atoms with Crippen LogP contribution in [0.15, 0.2) is 24.3 Å². The van der Waals surface area contributed by atoms with Crippen molar-refractivity contribution in [3.63, 3.8) is 0 Å². The van der Waals surface area contributed by atoms with Crippen LogP contribution >= 0.6 is 0 Å². The molecule has 1 heterocycles. The van der Waals surface area contributed by atoms with Gasteiger partial charge in [-0.3, -0.25) is 4.79 Å². The molecule has 2 rings (SSSR count). The lowest BCUT2D eigenvalue weighted by atomic mass is 10.1. The van der Waals surface area contributed by atoms with Crippen molar-refractivity contribution in [1.82, 2.24) is 9.55 Å². The van der Waals surface area contributed by atoms with E-state index in [0.29, 0.717) is 26.2 Å². The Morgan fingerprint density at radius 1 is 1.33 bits per heavy atom. The van der Waals surface area contributed by atoms with Crippen LogP contribution in [0.4, 0.5) is 0 Å². The van der Waals surface area contributed by atoms with E-state index in [1.165, 1.54) is 0 Å². The summed E-state index contributed by atoms with van der Waals surface area (Å²) < 4.78 is 12.4. The third-order valence-electron chi connectivity index (χ3n) is 3.49. The van der Waals surface area contributed by atoms with Crippen molar-refractivity contribution in [3.8, 4) is 0 Å². The average molecular weight is 290 g/mol. The maximum absolute atomic E-state index is 12.2. The number of hydrogen-bond donors (Lipinski definition) is 0. The molecule has 1 aromatic carbocycles. The van der Waals surface area contributed by atoms with E-state index in [1.54, 1.807) is 7.11 Å². The van der Waals surface area contributed by atoms with Crippen molar-refractivity contribution < 1.29 is 14.3 Å². The van der Waals surface area contributed by atoms with Crippen molar-refractivity contribution in [2.24, 2.45) is 0 Å². The summed E-state index contributed by atoms with van der Waals surface area (Å²) in [7, 11) is 1.67. The zero-order valence-corrected chi connectivity index (χ0v) is 12.8. The van der Waals surface area contributed by atoms with E-state index in [9.17, 15) is 4.79 Å². The summed E-state index contributed by atoms with van der Waals surface area (Å²) in [6.07, 6.45) is 0.662. The maximum atomic E-state index is 12.2. The predicted molar refractivity (Wildman–Crippen MR) is 81.3 cm³/mol. The number of nitrogens with zero attached hydrogens (tertiary/aromatic N) is 2. The minimum Gasteiger partial charge on any atom is -0.465 e. The van der Waals surface area contributed by atoms with Crippen molar-refractivity contribution in [2.75, 3.05) is 20.3 Å². The number of rotatable bonds is 7. The molecule has 0 fully saturated rings. The number of aromatic nitrogens is 2. The highest BCUT2D eigenvalue weighted by Gasteiger charge is 2.26. The molecule has 5 heteroatoms. The number of imidazole rings is 1. The smallest absolute Gasteiger partial charge is 0.316 e. The molecule has 0 amide bonds. The minimum absolute atomic E-state index is 0.214. The Balaban J connectivity index is 2.47. The van der Waals surface area contributed by atoms with Crippen LogP contribution in [0.5, 0.6) is 0 Å². The first-order valence-electron chi connectivity index (χ1n) is 7.33. The molecule has 0 N–H and O–H groups in total. The number of esters is 1. The van der Waals surface area contributed by atoms with Crippen LogP contribution in [0.25, 0.3) is 11.0 Å². The van der Waals surface area contributed by atoms with Gasteiger partial charge in [0.15, 0.2) is 0 Å². The summed E-state index contributed by atoms with van der Waals surface area (Å²) in [4.78, 5) is 16.8. The van der Waals surface area contributed by atoms with Crippen LogP contribution in [-0.4, -0.2) is 35.8 Å². The average Bonchev–Trinajstić information content (AvgIpc) is 2.84. The van der Waals surface area contributed by atoms with E-state index in [0.717, 1.165) is 16.9 Å². The Hall–Kier alpha value is -1.88. The van der Waals surface area contributed by atoms with Crippen LogP contribution in [0, 0.1) is 0 Å². The van der Waals surface area contributed by atoms with E-state index < -0.39 is 0 Å². The van der Waals surface area contributed by atoms with Crippen molar-refractivity contribution in [3.05, 3.63) is 30.1 Å². The first kappa shape index (κ1) is 15.5. The fourth-order valence-corrected chi connectivity index (χ4v) is 2.48. The van der Waals surface area contributed by atoms with Gasteiger partial charge in [-0.1, -0.05) is 19.1 Å². The highest BCUT2D eigenvalue weighted by Crippen LogP contribution is 2.25. The second-order valence-electron chi connectivity index (χ2n) is 4.82. The Morgan fingerprint density at radius 2 is 2.10 bits per heavy atom. The van der Waals surface area contributed by atoms with Gasteiger partial charge in [0, 0.05) is 13.7 Å². The normalized spacial score (nSPS) is 12.5. The highest BCUT2D eigenvalue weighted by molar-refractivity contribution is 5.81. The largest absolute Gasteiger partial charge is 0.465 e. The van der Waals surface area contributed by atoms with Crippen molar-refractivity contribution in [2.45, 2.75) is 32.7 Å². The zero-order valence-electron chi connectivity index (χ0n) is 12.8. The predicted octanol–water partition coefficient (Wildman–Crippen LogP) is 2.74. The molecular formula is C16H22N2O3. The number of fused-ring (bicyclic) bond motifs is 1. The lowest BCUT2D eigenvalue weighted by Crippen LogP contribution is -2.20. The molecule has 0 aliphatic carbocycles. The molecule has 2 aromatic rings. The van der Waals surface area contributed by atoms with E-state index in [1.807, 2.05) is 38.1 Å². The van der Waals surface area contributed by atoms with Gasteiger partial charge in [-0.25, -0.2) is 4.98 Å². The van der Waals surface area contributed by atoms with Crippen molar-refractivity contribution in [1.29, 1.82) is 0 Å². The van der Waals surface area contributed by atoms with E-state index in [-0.39, 0.29) is 11.9 Å². The maximum Gasteiger partial charge on any atom is 0.316 e. The molecule has 0 spiro atoms. The third kappa shape index (κ3) is 3.24. The molecule has 5 nitrogen and oxygen atoms in total. The molecule has 0 saturated carbocycles. The van der Waals surface area contributed by atoms with E-state index >= 15 is 0 Å². The molecule has 0 aliphatic heterocycles. The summed E-state index contributed by atoms with van der Waals surface area (Å²) in [5.41, 5.74) is 1.92. The SMILES string of the molecule is CCOC(=O)C(CC)c1nc2ccccc2n1CCOC. The number of carbonyl (C=O) groups is 1. The Bertz CT molecular complexity index is 607. The topological polar surface area (TPSA) is 53.3 Å². The Labute approximate surface area is 124 Å². The number of hydrogen-bond acceptors (Lipinski definition) is 4. The number of ether oxygens (including phenoxy) is 2. The first-order valence-corrected chi connectivity index (χ1v) is 7.33. The monoisotopic (exact) mass is 290 g/mol. The fourth-order valence-electron chi connectivity index (χ4n) is 2.48. The van der Waals surface area contributed by atoms with E-state index in [4.69, 9.17) is 9.47 Å². The van der Waals surface area contributed by atoms with Crippen LogP contribution in [-0.2, 0) is 20.8 Å². The number of para-hydroxylation sites is 2. The minimum atomic E-state index is -0.339. The van der Waals surface area contributed by atoms with Crippen LogP contribution < -0.4 is 0 Å². The number of methoxy groups -OCH3 is 1. The zero-order chi connectivity index (χ0) is 15.2. The molecule has 114 valence electrons. The second kappa shape index (κ2) is 7.22. The molecule has 1 atom stereocenters. The highest BCUT2D eigenvalue weighted by atomic mass is 16.5. The second-order valence-corrected chi connectivity index (χ2v) is 4.82. The van der Waals surface area contributed by atoms with Gasteiger partial charge >= 0.3 is 5.97 Å². The van der Waals surface area contributed by atoms with Crippen LogP contribution in [0.1, 0.15) is 32.0 Å². The fraction of sp³-hybridized carbons (Fsp3) is 0.500. The first-order chi connectivity index (χ1) is 10.2. The summed E-state index contributed by atoms with van der Waals surface area (Å²) in [5.74, 6) is 0.206. The summed E-state index contributed by atoms with van der Waals surface area (Å²) in [6.45, 7) is 5.42. The van der Waals surface area contributed by atoms with Gasteiger partial charge in [-0.15, -0.1) is 0 Å². The van der Waals surface area contributed by atoms with Gasteiger partial charge < -0.3 is 14.0 Å². The molecule has 21 heavy (non-hydrogen) atoms. The van der Waals surface area contributed by atoms with Gasteiger partial charge in [-0.05, 0) is 25.5 Å². The molecule has 0 radical (unpaired) electrons. The third-order valence-corrected chi connectivity index (χ3v) is 3.49. The van der Waals surface area contributed by atoms with Crippen LogP contribution in [0.2, 0.25) is 0 Å². The molecular weight excluding hydrogens is 268 g/mol. The molecule has 1 aromatic heterocycles. The van der Waals surface area contributed by atoms with Gasteiger partial charge in [0.05, 0.1) is 24.2 Å². The van der Waals surface area contributed by atoms with E-state index in [2.05, 4.69) is 9.55 Å².